The first kappa shape index (κ1) is 14.1. The van der Waals surface area contributed by atoms with E-state index in [0.717, 1.165) is 28.5 Å². The topological polar surface area (TPSA) is 46.9 Å². The molecule has 1 N–H and O–H groups in total. The number of nitrogens with zero attached hydrogens (tertiary/aromatic N) is 2. The van der Waals surface area contributed by atoms with E-state index < -0.39 is 0 Å². The lowest BCUT2D eigenvalue weighted by molar-refractivity contribution is -0.122. The van der Waals surface area contributed by atoms with E-state index in [2.05, 4.69) is 33.3 Å². The first-order valence-electron chi connectivity index (χ1n) is 7.64. The zero-order valence-corrected chi connectivity index (χ0v) is 13.5. The van der Waals surface area contributed by atoms with Crippen LogP contribution in [-0.4, -0.2) is 15.7 Å². The number of aryl methyl sites for hydroxylation is 1. The summed E-state index contributed by atoms with van der Waals surface area (Å²) in [7, 11) is 0. The monoisotopic (exact) mass is 339 g/mol. The second-order valence-corrected chi connectivity index (χ2v) is 7.03. The second kappa shape index (κ2) is 5.88. The predicted molar refractivity (Wildman–Crippen MR) is 81.0 cm³/mol. The normalized spacial score (nSPS) is 28.0. The van der Waals surface area contributed by atoms with Crippen LogP contribution in [0.1, 0.15) is 44.7 Å². The fourth-order valence-corrected chi connectivity index (χ4v) is 4.39. The van der Waals surface area contributed by atoms with Crippen LogP contribution in [0.15, 0.2) is 10.7 Å². The summed E-state index contributed by atoms with van der Waals surface area (Å²) in [5, 5.41) is 7.32. The molecule has 4 nitrogen and oxygen atoms in total. The molecular formula is C15H22BrN3O. The third-order valence-electron chi connectivity index (χ3n) is 4.98. The molecule has 0 aromatic carbocycles. The molecule has 110 valence electrons. The lowest BCUT2D eigenvalue weighted by Crippen LogP contribution is -2.28. The summed E-state index contributed by atoms with van der Waals surface area (Å²) >= 11 is 3.49. The molecule has 1 amide bonds. The van der Waals surface area contributed by atoms with Crippen LogP contribution in [0.4, 0.5) is 0 Å². The van der Waals surface area contributed by atoms with Gasteiger partial charge in [-0.25, -0.2) is 0 Å². The minimum atomic E-state index is 0.193. The molecule has 0 spiro atoms. The first-order chi connectivity index (χ1) is 9.67. The van der Waals surface area contributed by atoms with Crippen molar-refractivity contribution in [3.05, 3.63) is 16.4 Å². The van der Waals surface area contributed by atoms with Gasteiger partial charge in [-0.05, 0) is 59.9 Å². The second-order valence-electron chi connectivity index (χ2n) is 6.17. The molecule has 0 radical (unpaired) electrons. The van der Waals surface area contributed by atoms with Gasteiger partial charge in [0.25, 0.3) is 0 Å². The first-order valence-corrected chi connectivity index (χ1v) is 8.43. The number of carbonyl (C=O) groups is 1. The SMILES string of the molecule is CCn1ncc(Br)c1CNC(=O)CC1CC2CCC1C2. The van der Waals surface area contributed by atoms with Crippen molar-refractivity contribution in [2.45, 2.75) is 52.1 Å². The van der Waals surface area contributed by atoms with Crippen molar-refractivity contribution in [3.8, 4) is 0 Å². The summed E-state index contributed by atoms with van der Waals surface area (Å²) in [6, 6.07) is 0. The van der Waals surface area contributed by atoms with Gasteiger partial charge in [-0.15, -0.1) is 0 Å². The molecule has 3 atom stereocenters. The molecule has 1 aromatic rings. The molecule has 0 saturated heterocycles. The molecule has 20 heavy (non-hydrogen) atoms. The summed E-state index contributed by atoms with van der Waals surface area (Å²) in [6.07, 6.45) is 7.88. The third-order valence-corrected chi connectivity index (χ3v) is 5.64. The van der Waals surface area contributed by atoms with E-state index in [1.807, 2.05) is 4.68 Å². The highest BCUT2D eigenvalue weighted by molar-refractivity contribution is 9.10. The fourth-order valence-electron chi connectivity index (χ4n) is 3.96. The number of aromatic nitrogens is 2. The van der Waals surface area contributed by atoms with Gasteiger partial charge < -0.3 is 5.32 Å². The highest BCUT2D eigenvalue weighted by Crippen LogP contribution is 2.49. The van der Waals surface area contributed by atoms with Crippen LogP contribution in [0.25, 0.3) is 0 Å². The number of hydrogen-bond acceptors (Lipinski definition) is 2. The molecule has 1 aromatic heterocycles. The Bertz CT molecular complexity index is 499. The van der Waals surface area contributed by atoms with Gasteiger partial charge in [0.15, 0.2) is 0 Å². The van der Waals surface area contributed by atoms with Gasteiger partial charge in [0.05, 0.1) is 22.9 Å². The largest absolute Gasteiger partial charge is 0.350 e. The van der Waals surface area contributed by atoms with Crippen molar-refractivity contribution in [3.63, 3.8) is 0 Å². The Morgan fingerprint density at radius 3 is 3.00 bits per heavy atom. The quantitative estimate of drug-likeness (QED) is 0.895. The maximum absolute atomic E-state index is 12.1. The molecule has 2 bridgehead atoms. The van der Waals surface area contributed by atoms with E-state index in [1.54, 1.807) is 6.20 Å². The minimum absolute atomic E-state index is 0.193. The average Bonchev–Trinajstić information content (AvgIpc) is 3.12. The molecule has 0 aliphatic heterocycles. The van der Waals surface area contributed by atoms with E-state index in [-0.39, 0.29) is 5.91 Å². The number of hydrogen-bond donors (Lipinski definition) is 1. The third kappa shape index (κ3) is 2.78. The van der Waals surface area contributed by atoms with Gasteiger partial charge >= 0.3 is 0 Å². The zero-order chi connectivity index (χ0) is 14.1. The number of fused-ring (bicyclic) bond motifs is 2. The van der Waals surface area contributed by atoms with E-state index in [4.69, 9.17) is 0 Å². The van der Waals surface area contributed by atoms with Gasteiger partial charge in [0, 0.05) is 13.0 Å². The van der Waals surface area contributed by atoms with Crippen LogP contribution in [0.5, 0.6) is 0 Å². The highest BCUT2D eigenvalue weighted by atomic mass is 79.9. The van der Waals surface area contributed by atoms with Crippen molar-refractivity contribution in [2.75, 3.05) is 0 Å². The molecule has 2 aliphatic rings. The van der Waals surface area contributed by atoms with Crippen molar-refractivity contribution in [1.29, 1.82) is 0 Å². The summed E-state index contributed by atoms with van der Waals surface area (Å²) < 4.78 is 2.89. The Morgan fingerprint density at radius 1 is 1.50 bits per heavy atom. The maximum Gasteiger partial charge on any atom is 0.220 e. The molecule has 2 saturated carbocycles. The van der Waals surface area contributed by atoms with Crippen molar-refractivity contribution in [2.24, 2.45) is 17.8 Å². The van der Waals surface area contributed by atoms with E-state index in [9.17, 15) is 4.79 Å². The number of halogens is 1. The summed E-state index contributed by atoms with van der Waals surface area (Å²) in [6.45, 7) is 3.44. The van der Waals surface area contributed by atoms with E-state index in [0.29, 0.717) is 18.9 Å². The van der Waals surface area contributed by atoms with Crippen LogP contribution in [0.2, 0.25) is 0 Å². The van der Waals surface area contributed by atoms with E-state index >= 15 is 0 Å². The Kier molecular flexibility index (Phi) is 4.15. The Morgan fingerprint density at radius 2 is 2.35 bits per heavy atom. The van der Waals surface area contributed by atoms with Gasteiger partial charge in [-0.3, -0.25) is 9.48 Å². The molecule has 5 heteroatoms. The smallest absolute Gasteiger partial charge is 0.220 e. The fraction of sp³-hybridized carbons (Fsp3) is 0.733. The summed E-state index contributed by atoms with van der Waals surface area (Å²) in [5.41, 5.74) is 1.05. The molecular weight excluding hydrogens is 318 g/mol. The molecule has 3 unspecified atom stereocenters. The van der Waals surface area contributed by atoms with Gasteiger partial charge in [0.1, 0.15) is 0 Å². The minimum Gasteiger partial charge on any atom is -0.350 e. The molecule has 3 rings (SSSR count). The van der Waals surface area contributed by atoms with Gasteiger partial charge in [-0.1, -0.05) is 6.42 Å². The summed E-state index contributed by atoms with van der Waals surface area (Å²) in [5.74, 6) is 2.55. The number of nitrogens with one attached hydrogen (secondary N) is 1. The number of amides is 1. The van der Waals surface area contributed by atoms with Crippen LogP contribution in [0, 0.1) is 17.8 Å². The predicted octanol–water partition coefficient (Wildman–Crippen LogP) is 3.11. The van der Waals surface area contributed by atoms with Crippen LogP contribution >= 0.6 is 15.9 Å². The Balaban J connectivity index is 1.51. The highest BCUT2D eigenvalue weighted by Gasteiger charge is 2.40. The van der Waals surface area contributed by atoms with Crippen LogP contribution in [0.3, 0.4) is 0 Å². The number of carbonyl (C=O) groups excluding carboxylic acids is 1. The van der Waals surface area contributed by atoms with Crippen molar-refractivity contribution in [1.82, 2.24) is 15.1 Å². The van der Waals surface area contributed by atoms with Crippen LogP contribution in [-0.2, 0) is 17.9 Å². The Labute approximate surface area is 128 Å². The summed E-state index contributed by atoms with van der Waals surface area (Å²) in [4.78, 5) is 12.1. The zero-order valence-electron chi connectivity index (χ0n) is 11.9. The Hall–Kier alpha value is -0.840. The van der Waals surface area contributed by atoms with E-state index in [1.165, 1.54) is 25.7 Å². The molecule has 1 heterocycles. The van der Waals surface area contributed by atoms with Crippen molar-refractivity contribution >= 4 is 21.8 Å². The lowest BCUT2D eigenvalue weighted by atomic mass is 9.86. The van der Waals surface area contributed by atoms with Crippen molar-refractivity contribution < 1.29 is 4.79 Å². The van der Waals surface area contributed by atoms with Gasteiger partial charge in [0.2, 0.25) is 5.91 Å². The lowest BCUT2D eigenvalue weighted by Gasteiger charge is -2.21. The number of rotatable bonds is 5. The molecule has 2 fully saturated rings. The van der Waals surface area contributed by atoms with Crippen LogP contribution < -0.4 is 5.32 Å². The molecule has 2 aliphatic carbocycles. The standard InChI is InChI=1S/C15H22BrN3O/c1-2-19-14(13(16)8-18-19)9-17-15(20)7-12-6-10-3-4-11(12)5-10/h8,10-12H,2-7,9H2,1H3,(H,17,20). The van der Waals surface area contributed by atoms with Gasteiger partial charge in [-0.2, -0.15) is 5.10 Å². The maximum atomic E-state index is 12.1. The average molecular weight is 340 g/mol.